The molecule has 1 amide bonds. The molecule has 0 bridgehead atoms. The largest absolute Gasteiger partial charge is 0.366 e. The highest BCUT2D eigenvalue weighted by Crippen LogP contribution is 2.24. The number of amides is 1. The van der Waals surface area contributed by atoms with Gasteiger partial charge in [0, 0.05) is 10.6 Å². The maximum absolute atomic E-state index is 10.9. The number of nitrogens with two attached hydrogens (primary N) is 1. The average molecular weight is 198 g/mol. The molecule has 2 N–H and O–H groups in total. The molecule has 0 spiro atoms. The van der Waals surface area contributed by atoms with Gasteiger partial charge in [0.25, 0.3) is 0 Å². The maximum Gasteiger partial charge on any atom is 0.248 e. The number of benzene rings is 1. The zero-order valence-corrected chi connectivity index (χ0v) is 8.43. The van der Waals surface area contributed by atoms with Crippen LogP contribution in [0.5, 0.6) is 0 Å². The average Bonchev–Trinajstić information content (AvgIpc) is 2.04. The SMILES string of the molecule is CC(C)c1cc(C(N)=O)ccc1Cl. The lowest BCUT2D eigenvalue weighted by Gasteiger charge is -2.08. The Balaban J connectivity index is 3.19. The molecular formula is C10H12ClNO. The fraction of sp³-hybridized carbons (Fsp3) is 0.300. The lowest BCUT2D eigenvalue weighted by atomic mass is 10.0. The molecule has 0 aliphatic rings. The van der Waals surface area contributed by atoms with Gasteiger partial charge in [0.2, 0.25) is 5.91 Å². The van der Waals surface area contributed by atoms with Crippen molar-refractivity contribution in [3.63, 3.8) is 0 Å². The predicted octanol–water partition coefficient (Wildman–Crippen LogP) is 2.56. The van der Waals surface area contributed by atoms with E-state index in [-0.39, 0.29) is 0 Å². The summed E-state index contributed by atoms with van der Waals surface area (Å²) in [5.41, 5.74) is 6.61. The molecule has 1 aromatic carbocycles. The van der Waals surface area contributed by atoms with Crippen LogP contribution in [0.1, 0.15) is 35.7 Å². The maximum atomic E-state index is 10.9. The van der Waals surface area contributed by atoms with Crippen LogP contribution in [0.4, 0.5) is 0 Å². The standard InChI is InChI=1S/C10H12ClNO/c1-6(2)8-5-7(10(12)13)3-4-9(8)11/h3-6H,1-2H3,(H2,12,13). The van der Waals surface area contributed by atoms with E-state index >= 15 is 0 Å². The van der Waals surface area contributed by atoms with Crippen molar-refractivity contribution < 1.29 is 4.79 Å². The minimum Gasteiger partial charge on any atom is -0.366 e. The second-order valence-electron chi connectivity index (χ2n) is 3.26. The van der Waals surface area contributed by atoms with Gasteiger partial charge in [-0.3, -0.25) is 4.79 Å². The van der Waals surface area contributed by atoms with E-state index in [4.69, 9.17) is 17.3 Å². The van der Waals surface area contributed by atoms with E-state index in [0.717, 1.165) is 5.56 Å². The van der Waals surface area contributed by atoms with E-state index in [1.165, 1.54) is 0 Å². The number of rotatable bonds is 2. The molecule has 0 unspecified atom stereocenters. The molecule has 1 rings (SSSR count). The second-order valence-corrected chi connectivity index (χ2v) is 3.66. The molecule has 1 aromatic rings. The fourth-order valence-corrected chi connectivity index (χ4v) is 1.48. The minimum absolute atomic E-state index is 0.298. The first kappa shape index (κ1) is 10.1. The summed E-state index contributed by atoms with van der Waals surface area (Å²) in [6, 6.07) is 5.09. The quantitative estimate of drug-likeness (QED) is 0.778. The Morgan fingerprint density at radius 1 is 1.46 bits per heavy atom. The van der Waals surface area contributed by atoms with Crippen molar-refractivity contribution in [2.45, 2.75) is 19.8 Å². The highest BCUT2D eigenvalue weighted by atomic mass is 35.5. The summed E-state index contributed by atoms with van der Waals surface area (Å²) in [5, 5.41) is 0.681. The summed E-state index contributed by atoms with van der Waals surface area (Å²) < 4.78 is 0. The van der Waals surface area contributed by atoms with Crippen LogP contribution in [0.2, 0.25) is 5.02 Å². The predicted molar refractivity (Wildman–Crippen MR) is 54.1 cm³/mol. The topological polar surface area (TPSA) is 43.1 Å². The van der Waals surface area contributed by atoms with Crippen molar-refractivity contribution >= 4 is 17.5 Å². The first-order chi connectivity index (χ1) is 6.02. The smallest absolute Gasteiger partial charge is 0.248 e. The lowest BCUT2D eigenvalue weighted by Crippen LogP contribution is -2.11. The van der Waals surface area contributed by atoms with Crippen LogP contribution < -0.4 is 5.73 Å². The lowest BCUT2D eigenvalue weighted by molar-refractivity contribution is 0.1000. The van der Waals surface area contributed by atoms with Gasteiger partial charge in [-0.15, -0.1) is 0 Å². The molecule has 0 aliphatic carbocycles. The van der Waals surface area contributed by atoms with Crippen LogP contribution in [0.25, 0.3) is 0 Å². The Hall–Kier alpha value is -1.02. The highest BCUT2D eigenvalue weighted by molar-refractivity contribution is 6.31. The first-order valence-electron chi connectivity index (χ1n) is 4.11. The van der Waals surface area contributed by atoms with Gasteiger partial charge in [-0.2, -0.15) is 0 Å². The van der Waals surface area contributed by atoms with Crippen LogP contribution in [0.3, 0.4) is 0 Å². The van der Waals surface area contributed by atoms with Crippen molar-refractivity contribution in [2.24, 2.45) is 5.73 Å². The Morgan fingerprint density at radius 2 is 2.08 bits per heavy atom. The molecule has 0 saturated heterocycles. The third-order valence-electron chi connectivity index (χ3n) is 1.90. The van der Waals surface area contributed by atoms with Crippen molar-refractivity contribution in [3.8, 4) is 0 Å². The van der Waals surface area contributed by atoms with Crippen molar-refractivity contribution in [3.05, 3.63) is 34.3 Å². The zero-order chi connectivity index (χ0) is 10.0. The molecule has 0 aromatic heterocycles. The second kappa shape index (κ2) is 3.79. The van der Waals surface area contributed by atoms with Crippen molar-refractivity contribution in [1.29, 1.82) is 0 Å². The third-order valence-corrected chi connectivity index (χ3v) is 2.25. The van der Waals surface area contributed by atoms with Crippen LogP contribution in [0, 0.1) is 0 Å². The molecule has 13 heavy (non-hydrogen) atoms. The Kier molecular flexibility index (Phi) is 2.94. The van der Waals surface area contributed by atoms with Gasteiger partial charge in [0.05, 0.1) is 0 Å². The summed E-state index contributed by atoms with van der Waals surface area (Å²) >= 11 is 5.94. The fourth-order valence-electron chi connectivity index (χ4n) is 1.14. The van der Waals surface area contributed by atoms with E-state index < -0.39 is 5.91 Å². The number of halogens is 1. The Bertz CT molecular complexity index is 334. The van der Waals surface area contributed by atoms with Gasteiger partial charge in [-0.05, 0) is 29.7 Å². The molecular weight excluding hydrogens is 186 g/mol. The molecule has 0 radical (unpaired) electrons. The normalized spacial score (nSPS) is 10.5. The molecule has 0 atom stereocenters. The summed E-state index contributed by atoms with van der Waals surface area (Å²) in [6.45, 7) is 4.04. The van der Waals surface area contributed by atoms with Gasteiger partial charge in [0.1, 0.15) is 0 Å². The molecule has 3 heteroatoms. The molecule has 0 heterocycles. The molecule has 0 saturated carbocycles. The molecule has 0 fully saturated rings. The highest BCUT2D eigenvalue weighted by Gasteiger charge is 2.08. The summed E-state index contributed by atoms with van der Waals surface area (Å²) in [6.07, 6.45) is 0. The van der Waals surface area contributed by atoms with Gasteiger partial charge < -0.3 is 5.73 Å². The van der Waals surface area contributed by atoms with E-state index in [1.807, 2.05) is 13.8 Å². The molecule has 70 valence electrons. The zero-order valence-electron chi connectivity index (χ0n) is 7.67. The molecule has 2 nitrogen and oxygen atoms in total. The van der Waals surface area contributed by atoms with E-state index in [2.05, 4.69) is 0 Å². The van der Waals surface area contributed by atoms with E-state index in [0.29, 0.717) is 16.5 Å². The summed E-state index contributed by atoms with van der Waals surface area (Å²) in [7, 11) is 0. The number of carbonyl (C=O) groups excluding carboxylic acids is 1. The first-order valence-corrected chi connectivity index (χ1v) is 4.49. The van der Waals surface area contributed by atoms with Crippen LogP contribution in [0.15, 0.2) is 18.2 Å². The Morgan fingerprint density at radius 3 is 2.54 bits per heavy atom. The van der Waals surface area contributed by atoms with E-state index in [9.17, 15) is 4.79 Å². The summed E-state index contributed by atoms with van der Waals surface area (Å²) in [5.74, 6) is -0.120. The number of hydrogen-bond acceptors (Lipinski definition) is 1. The van der Waals surface area contributed by atoms with Crippen LogP contribution >= 0.6 is 11.6 Å². The molecule has 0 aliphatic heterocycles. The third kappa shape index (κ3) is 2.22. The summed E-state index contributed by atoms with van der Waals surface area (Å²) in [4.78, 5) is 10.9. The number of primary amides is 1. The van der Waals surface area contributed by atoms with E-state index in [1.54, 1.807) is 18.2 Å². The number of hydrogen-bond donors (Lipinski definition) is 1. The van der Waals surface area contributed by atoms with Gasteiger partial charge in [-0.25, -0.2) is 0 Å². The monoisotopic (exact) mass is 197 g/mol. The van der Waals surface area contributed by atoms with Crippen molar-refractivity contribution in [2.75, 3.05) is 0 Å². The van der Waals surface area contributed by atoms with Gasteiger partial charge in [-0.1, -0.05) is 25.4 Å². The van der Waals surface area contributed by atoms with Crippen LogP contribution in [-0.2, 0) is 0 Å². The van der Waals surface area contributed by atoms with Gasteiger partial charge in [0.15, 0.2) is 0 Å². The number of carbonyl (C=O) groups is 1. The minimum atomic E-state index is -0.418. The van der Waals surface area contributed by atoms with Crippen molar-refractivity contribution in [1.82, 2.24) is 0 Å². The Labute approximate surface area is 82.7 Å². The van der Waals surface area contributed by atoms with Crippen LogP contribution in [-0.4, -0.2) is 5.91 Å². The van der Waals surface area contributed by atoms with Gasteiger partial charge >= 0.3 is 0 Å².